The number of ether oxygens (including phenoxy) is 2. The zero-order chi connectivity index (χ0) is 24.4. The van der Waals surface area contributed by atoms with Crippen molar-refractivity contribution in [1.82, 2.24) is 5.01 Å². The van der Waals surface area contributed by atoms with Crippen LogP contribution in [0.4, 0.5) is 0 Å². The Kier molecular flexibility index (Phi) is 6.41. The summed E-state index contributed by atoms with van der Waals surface area (Å²) in [6.45, 7) is 2.02. The fourth-order valence-electron chi connectivity index (χ4n) is 5.03. The Bertz CT molecular complexity index is 1260. The number of carbonyl (C=O) groups excluding carboxylic acids is 1. The molecule has 0 saturated heterocycles. The number of carbonyl (C=O) groups is 1. The third kappa shape index (κ3) is 4.59. The molecule has 0 aromatic heterocycles. The summed E-state index contributed by atoms with van der Waals surface area (Å²) in [4.78, 5) is 13.7. The van der Waals surface area contributed by atoms with E-state index in [0.717, 1.165) is 53.2 Å². The Hall–Kier alpha value is -3.86. The Morgan fingerprint density at radius 1 is 0.914 bits per heavy atom. The molecule has 0 unspecified atom stereocenters. The molecule has 0 spiro atoms. The molecule has 1 aliphatic heterocycles. The first kappa shape index (κ1) is 22.9. The average molecular weight is 467 g/mol. The lowest BCUT2D eigenvalue weighted by molar-refractivity contribution is 0.0681. The number of fused-ring (bicyclic) bond motifs is 1. The van der Waals surface area contributed by atoms with Crippen LogP contribution in [0.2, 0.25) is 0 Å². The van der Waals surface area contributed by atoms with Gasteiger partial charge in [-0.25, -0.2) is 5.01 Å². The normalized spacial score (nSPS) is 20.4. The van der Waals surface area contributed by atoms with Gasteiger partial charge in [0, 0.05) is 11.5 Å². The summed E-state index contributed by atoms with van der Waals surface area (Å²) < 4.78 is 10.7. The van der Waals surface area contributed by atoms with Crippen molar-refractivity contribution in [3.05, 3.63) is 101 Å². The van der Waals surface area contributed by atoms with Gasteiger partial charge in [-0.3, -0.25) is 4.79 Å². The summed E-state index contributed by atoms with van der Waals surface area (Å²) in [6, 6.07) is 23.6. The summed E-state index contributed by atoms with van der Waals surface area (Å²) in [5, 5.41) is 6.70. The third-order valence-corrected chi connectivity index (χ3v) is 6.92. The highest BCUT2D eigenvalue weighted by Crippen LogP contribution is 2.45. The number of nitrogens with zero attached hydrogens (tertiary/aromatic N) is 2. The van der Waals surface area contributed by atoms with Crippen LogP contribution in [0.3, 0.4) is 0 Å². The molecule has 35 heavy (non-hydrogen) atoms. The molecule has 1 heterocycles. The van der Waals surface area contributed by atoms with Crippen LogP contribution in [0.25, 0.3) is 6.08 Å². The largest absolute Gasteiger partial charge is 0.497 e. The molecule has 5 heteroatoms. The summed E-state index contributed by atoms with van der Waals surface area (Å²) in [6.07, 6.45) is 5.21. The van der Waals surface area contributed by atoms with Crippen LogP contribution in [0.15, 0.2) is 83.5 Å². The van der Waals surface area contributed by atoms with Crippen LogP contribution in [0.1, 0.15) is 52.4 Å². The zero-order valence-corrected chi connectivity index (χ0v) is 20.4. The minimum absolute atomic E-state index is 0.0727. The van der Waals surface area contributed by atoms with Crippen LogP contribution in [0.5, 0.6) is 11.5 Å². The molecule has 0 radical (unpaired) electrons. The van der Waals surface area contributed by atoms with Gasteiger partial charge in [0.1, 0.15) is 11.5 Å². The molecule has 3 aromatic carbocycles. The summed E-state index contributed by atoms with van der Waals surface area (Å²) in [5.74, 6) is 1.71. The number of methoxy groups -OCH3 is 2. The number of benzene rings is 3. The summed E-state index contributed by atoms with van der Waals surface area (Å²) in [5.41, 5.74) is 6.17. The zero-order valence-electron chi connectivity index (χ0n) is 20.4. The van der Waals surface area contributed by atoms with E-state index in [1.807, 2.05) is 55.5 Å². The lowest BCUT2D eigenvalue weighted by Crippen LogP contribution is -2.31. The number of aryl methyl sites for hydroxylation is 1. The van der Waals surface area contributed by atoms with Crippen molar-refractivity contribution in [3.63, 3.8) is 0 Å². The number of allylic oxidation sites excluding steroid dienone is 1. The van der Waals surface area contributed by atoms with Crippen molar-refractivity contribution in [3.8, 4) is 11.5 Å². The second kappa shape index (κ2) is 9.79. The molecule has 2 atom stereocenters. The van der Waals surface area contributed by atoms with Crippen LogP contribution >= 0.6 is 0 Å². The van der Waals surface area contributed by atoms with E-state index in [0.29, 0.717) is 5.56 Å². The maximum absolute atomic E-state index is 13.7. The van der Waals surface area contributed by atoms with Crippen LogP contribution < -0.4 is 9.47 Å². The lowest BCUT2D eigenvalue weighted by Gasteiger charge is -2.29. The fraction of sp³-hybridized carbons (Fsp3) is 0.267. The minimum Gasteiger partial charge on any atom is -0.497 e. The lowest BCUT2D eigenvalue weighted by atomic mass is 9.77. The maximum atomic E-state index is 13.7. The predicted molar refractivity (Wildman–Crippen MR) is 139 cm³/mol. The number of hydrogen-bond donors (Lipinski definition) is 0. The topological polar surface area (TPSA) is 51.1 Å². The highest BCUT2D eigenvalue weighted by atomic mass is 16.5. The van der Waals surface area contributed by atoms with Gasteiger partial charge in [-0.1, -0.05) is 42.0 Å². The van der Waals surface area contributed by atoms with Gasteiger partial charge in [-0.15, -0.1) is 0 Å². The summed E-state index contributed by atoms with van der Waals surface area (Å²) >= 11 is 0. The number of hydrazone groups is 1. The van der Waals surface area contributed by atoms with Crippen LogP contribution in [-0.4, -0.2) is 30.8 Å². The third-order valence-electron chi connectivity index (χ3n) is 6.92. The van der Waals surface area contributed by atoms with Gasteiger partial charge in [0.2, 0.25) is 0 Å². The number of rotatable bonds is 5. The van der Waals surface area contributed by atoms with Crippen molar-refractivity contribution in [2.24, 2.45) is 11.0 Å². The molecule has 0 N–H and O–H groups in total. The van der Waals surface area contributed by atoms with Crippen molar-refractivity contribution >= 4 is 17.7 Å². The van der Waals surface area contributed by atoms with Crippen LogP contribution in [0, 0.1) is 12.8 Å². The highest BCUT2D eigenvalue weighted by Gasteiger charge is 2.43. The Morgan fingerprint density at radius 3 is 2.17 bits per heavy atom. The first-order valence-corrected chi connectivity index (χ1v) is 12.0. The van der Waals surface area contributed by atoms with E-state index in [1.165, 1.54) is 5.57 Å². The first-order valence-electron chi connectivity index (χ1n) is 12.0. The molecule has 1 fully saturated rings. The van der Waals surface area contributed by atoms with Gasteiger partial charge >= 0.3 is 0 Å². The monoisotopic (exact) mass is 466 g/mol. The van der Waals surface area contributed by atoms with E-state index in [2.05, 4.69) is 30.3 Å². The number of hydrogen-bond acceptors (Lipinski definition) is 4. The maximum Gasteiger partial charge on any atom is 0.274 e. The van der Waals surface area contributed by atoms with E-state index in [-0.39, 0.29) is 17.9 Å². The molecule has 5 nitrogen and oxygen atoms in total. The van der Waals surface area contributed by atoms with Gasteiger partial charge in [0.25, 0.3) is 5.91 Å². The molecule has 2 aliphatic rings. The minimum atomic E-state index is -0.149. The molecule has 3 aromatic rings. The smallest absolute Gasteiger partial charge is 0.274 e. The van der Waals surface area contributed by atoms with E-state index in [1.54, 1.807) is 19.2 Å². The fourth-order valence-corrected chi connectivity index (χ4v) is 5.03. The standard InChI is InChI=1S/C30H30N2O3/c1-20-7-11-23(12-8-20)30(33)32-29(22-13-17-26(35-3)18-14-22)27-6-4-5-24(28(27)31-32)19-21-9-15-25(34-2)16-10-21/h7-19,27,29H,4-6H2,1-3H3/b24-19+/t27-,29+/m0/s1. The van der Waals surface area contributed by atoms with E-state index in [4.69, 9.17) is 14.6 Å². The van der Waals surface area contributed by atoms with E-state index in [9.17, 15) is 4.79 Å². The SMILES string of the molecule is COc1ccc(/C=C2\CCC[C@H]3C2=NN(C(=O)c2ccc(C)cc2)[C@@H]3c2ccc(OC)cc2)cc1. The molecular formula is C30H30N2O3. The van der Waals surface area contributed by atoms with Crippen molar-refractivity contribution in [2.75, 3.05) is 14.2 Å². The van der Waals surface area contributed by atoms with Gasteiger partial charge in [0.05, 0.1) is 26.0 Å². The van der Waals surface area contributed by atoms with Gasteiger partial charge in [0.15, 0.2) is 0 Å². The van der Waals surface area contributed by atoms with Crippen molar-refractivity contribution < 1.29 is 14.3 Å². The van der Waals surface area contributed by atoms with Crippen molar-refractivity contribution in [1.29, 1.82) is 0 Å². The molecule has 178 valence electrons. The molecule has 5 rings (SSSR count). The number of amides is 1. The van der Waals surface area contributed by atoms with Gasteiger partial charge in [-0.05, 0) is 85.4 Å². The first-order chi connectivity index (χ1) is 17.1. The van der Waals surface area contributed by atoms with Crippen molar-refractivity contribution in [2.45, 2.75) is 32.2 Å². The second-order valence-corrected chi connectivity index (χ2v) is 9.16. The summed E-state index contributed by atoms with van der Waals surface area (Å²) in [7, 11) is 3.34. The quantitative estimate of drug-likeness (QED) is 0.434. The Morgan fingerprint density at radius 2 is 1.54 bits per heavy atom. The Labute approximate surface area is 206 Å². The van der Waals surface area contributed by atoms with E-state index < -0.39 is 0 Å². The molecule has 0 bridgehead atoms. The van der Waals surface area contributed by atoms with Crippen LogP contribution in [-0.2, 0) is 0 Å². The molecule has 1 amide bonds. The molecular weight excluding hydrogens is 436 g/mol. The Balaban J connectivity index is 1.55. The average Bonchev–Trinajstić information content (AvgIpc) is 3.30. The van der Waals surface area contributed by atoms with Gasteiger partial charge < -0.3 is 9.47 Å². The van der Waals surface area contributed by atoms with E-state index >= 15 is 0 Å². The molecule has 1 aliphatic carbocycles. The predicted octanol–water partition coefficient (Wildman–Crippen LogP) is 6.45. The second-order valence-electron chi connectivity index (χ2n) is 9.16. The van der Waals surface area contributed by atoms with Gasteiger partial charge in [-0.2, -0.15) is 5.10 Å². The molecule has 1 saturated carbocycles. The highest BCUT2D eigenvalue weighted by molar-refractivity contribution is 6.09.